The Morgan fingerprint density at radius 2 is 1.95 bits per heavy atom. The molecule has 5 heteroatoms. The molecular formula is C16H18N2O3. The lowest BCUT2D eigenvalue weighted by Crippen LogP contribution is -2.31. The highest BCUT2D eigenvalue weighted by Crippen LogP contribution is 2.09. The third-order valence-electron chi connectivity index (χ3n) is 3.24. The third kappa shape index (κ3) is 3.95. The van der Waals surface area contributed by atoms with Crippen LogP contribution < -0.4 is 0 Å². The number of carbonyl (C=O) groups excluding carboxylic acids is 2. The van der Waals surface area contributed by atoms with E-state index in [1.165, 1.54) is 0 Å². The van der Waals surface area contributed by atoms with Gasteiger partial charge in [-0.05, 0) is 30.2 Å². The minimum Gasteiger partial charge on any atom is -0.451 e. The molecule has 0 radical (unpaired) electrons. The van der Waals surface area contributed by atoms with Gasteiger partial charge in [-0.25, -0.2) is 4.79 Å². The van der Waals surface area contributed by atoms with Gasteiger partial charge in [0.1, 0.15) is 5.69 Å². The number of benzene rings is 1. The van der Waals surface area contributed by atoms with E-state index in [4.69, 9.17) is 4.74 Å². The predicted octanol–water partition coefficient (Wildman–Crippen LogP) is 2.14. The van der Waals surface area contributed by atoms with E-state index in [1.54, 1.807) is 30.3 Å². The fraction of sp³-hybridized carbons (Fsp3) is 0.250. The minimum atomic E-state index is -0.530. The second kappa shape index (κ2) is 6.74. The average molecular weight is 286 g/mol. The number of ether oxygens (including phenoxy) is 1. The van der Waals surface area contributed by atoms with Crippen LogP contribution in [-0.2, 0) is 16.1 Å². The summed E-state index contributed by atoms with van der Waals surface area (Å²) in [5.74, 6) is -0.768. The fourth-order valence-corrected chi connectivity index (χ4v) is 1.90. The smallest absolute Gasteiger partial charge is 0.355 e. The molecule has 0 aliphatic carbocycles. The highest BCUT2D eigenvalue weighted by Gasteiger charge is 2.14. The van der Waals surface area contributed by atoms with Crippen molar-refractivity contribution in [1.29, 1.82) is 0 Å². The molecule has 1 N–H and O–H groups in total. The van der Waals surface area contributed by atoms with Crippen LogP contribution in [0, 0.1) is 6.92 Å². The molecule has 1 aromatic heterocycles. The number of nitrogens with one attached hydrogen (secondary N) is 1. The summed E-state index contributed by atoms with van der Waals surface area (Å²) in [6.07, 6.45) is 1.63. The topological polar surface area (TPSA) is 62.4 Å². The van der Waals surface area contributed by atoms with Crippen molar-refractivity contribution in [2.45, 2.75) is 13.5 Å². The first-order valence-electron chi connectivity index (χ1n) is 6.67. The molecule has 0 saturated carbocycles. The quantitative estimate of drug-likeness (QED) is 0.857. The first-order valence-corrected chi connectivity index (χ1v) is 6.67. The second-order valence-electron chi connectivity index (χ2n) is 4.84. The van der Waals surface area contributed by atoms with Crippen LogP contribution in [0.5, 0.6) is 0 Å². The molecule has 1 heterocycles. The van der Waals surface area contributed by atoms with Crippen molar-refractivity contribution in [3.8, 4) is 0 Å². The van der Waals surface area contributed by atoms with E-state index >= 15 is 0 Å². The van der Waals surface area contributed by atoms with Crippen molar-refractivity contribution in [1.82, 2.24) is 9.88 Å². The molecule has 1 amide bonds. The molecular weight excluding hydrogens is 268 g/mol. The Hall–Kier alpha value is -2.56. The average Bonchev–Trinajstić information content (AvgIpc) is 3.01. The van der Waals surface area contributed by atoms with E-state index in [-0.39, 0.29) is 12.5 Å². The number of likely N-dealkylation sites (N-methyl/N-ethyl adjacent to an activating group) is 1. The summed E-state index contributed by atoms with van der Waals surface area (Å²) in [5, 5.41) is 0. The van der Waals surface area contributed by atoms with Gasteiger partial charge in [-0.15, -0.1) is 0 Å². The van der Waals surface area contributed by atoms with Gasteiger partial charge in [0.2, 0.25) is 0 Å². The van der Waals surface area contributed by atoms with Crippen LogP contribution in [-0.4, -0.2) is 35.4 Å². The highest BCUT2D eigenvalue weighted by atomic mass is 16.5. The lowest BCUT2D eigenvalue weighted by Gasteiger charge is -2.18. The highest BCUT2D eigenvalue weighted by molar-refractivity contribution is 5.89. The Labute approximate surface area is 123 Å². The van der Waals surface area contributed by atoms with E-state index in [9.17, 15) is 9.59 Å². The summed E-state index contributed by atoms with van der Waals surface area (Å²) in [7, 11) is 1.69. The number of hydrogen-bond donors (Lipinski definition) is 1. The Kier molecular flexibility index (Phi) is 4.77. The molecule has 0 aliphatic heterocycles. The van der Waals surface area contributed by atoms with Gasteiger partial charge in [-0.1, -0.05) is 24.3 Å². The fourth-order valence-electron chi connectivity index (χ4n) is 1.90. The van der Waals surface area contributed by atoms with E-state index in [2.05, 4.69) is 4.98 Å². The lowest BCUT2D eigenvalue weighted by molar-refractivity contribution is -0.133. The standard InChI is InChI=1S/C16H18N2O3/c1-12-6-3-4-7-13(12)10-18(2)15(19)11-21-16(20)14-8-5-9-17-14/h3-9,17H,10-11H2,1-2H3. The molecule has 0 unspecified atom stereocenters. The van der Waals surface area contributed by atoms with Crippen LogP contribution in [0.15, 0.2) is 42.6 Å². The normalized spacial score (nSPS) is 10.2. The molecule has 0 saturated heterocycles. The van der Waals surface area contributed by atoms with Gasteiger partial charge in [-0.3, -0.25) is 4.79 Å². The van der Waals surface area contributed by atoms with E-state index in [1.807, 2.05) is 31.2 Å². The Balaban J connectivity index is 1.86. The first-order chi connectivity index (χ1) is 10.1. The number of rotatable bonds is 5. The van der Waals surface area contributed by atoms with Crippen molar-refractivity contribution in [2.24, 2.45) is 0 Å². The molecule has 0 atom stereocenters. The zero-order valence-electron chi connectivity index (χ0n) is 12.1. The van der Waals surface area contributed by atoms with Crippen molar-refractivity contribution >= 4 is 11.9 Å². The van der Waals surface area contributed by atoms with Gasteiger partial charge in [0.15, 0.2) is 6.61 Å². The maximum atomic E-state index is 12.0. The number of aromatic nitrogens is 1. The summed E-state index contributed by atoms with van der Waals surface area (Å²) in [6.45, 7) is 2.23. The third-order valence-corrected chi connectivity index (χ3v) is 3.24. The second-order valence-corrected chi connectivity index (χ2v) is 4.84. The maximum Gasteiger partial charge on any atom is 0.355 e. The van der Waals surface area contributed by atoms with Gasteiger partial charge in [0.05, 0.1) is 0 Å². The first kappa shape index (κ1) is 14.8. The molecule has 1 aromatic carbocycles. The molecule has 21 heavy (non-hydrogen) atoms. The molecule has 110 valence electrons. The maximum absolute atomic E-state index is 12.0. The molecule has 0 aliphatic rings. The van der Waals surface area contributed by atoms with Crippen LogP contribution in [0.3, 0.4) is 0 Å². The van der Waals surface area contributed by atoms with Crippen molar-refractivity contribution < 1.29 is 14.3 Å². The van der Waals surface area contributed by atoms with Gasteiger partial charge in [-0.2, -0.15) is 0 Å². The van der Waals surface area contributed by atoms with Crippen LogP contribution in [0.2, 0.25) is 0 Å². The van der Waals surface area contributed by atoms with Crippen LogP contribution in [0.25, 0.3) is 0 Å². The molecule has 0 fully saturated rings. The van der Waals surface area contributed by atoms with Crippen LogP contribution in [0.1, 0.15) is 21.6 Å². The predicted molar refractivity (Wildman–Crippen MR) is 78.7 cm³/mol. The van der Waals surface area contributed by atoms with Crippen molar-refractivity contribution in [3.05, 3.63) is 59.4 Å². The lowest BCUT2D eigenvalue weighted by atomic mass is 10.1. The van der Waals surface area contributed by atoms with Gasteiger partial charge in [0.25, 0.3) is 5.91 Å². The number of amides is 1. The molecule has 0 bridgehead atoms. The van der Waals surface area contributed by atoms with Crippen molar-refractivity contribution in [2.75, 3.05) is 13.7 Å². The number of hydrogen-bond acceptors (Lipinski definition) is 3. The summed E-state index contributed by atoms with van der Waals surface area (Å²) >= 11 is 0. The summed E-state index contributed by atoms with van der Waals surface area (Å²) < 4.78 is 4.98. The van der Waals surface area contributed by atoms with Gasteiger partial charge < -0.3 is 14.6 Å². The van der Waals surface area contributed by atoms with Gasteiger partial charge in [0, 0.05) is 19.8 Å². The summed E-state index contributed by atoms with van der Waals surface area (Å²) in [4.78, 5) is 27.9. The number of esters is 1. The van der Waals surface area contributed by atoms with Crippen LogP contribution in [0.4, 0.5) is 0 Å². The largest absolute Gasteiger partial charge is 0.451 e. The van der Waals surface area contributed by atoms with E-state index < -0.39 is 5.97 Å². The molecule has 2 aromatic rings. The number of H-pyrrole nitrogens is 1. The summed E-state index contributed by atoms with van der Waals surface area (Å²) in [6, 6.07) is 11.2. The van der Waals surface area contributed by atoms with Gasteiger partial charge >= 0.3 is 5.97 Å². The molecule has 2 rings (SSSR count). The summed E-state index contributed by atoms with van der Waals surface area (Å²) in [5.41, 5.74) is 2.54. The van der Waals surface area contributed by atoms with E-state index in [0.29, 0.717) is 12.2 Å². The number of nitrogens with zero attached hydrogens (tertiary/aromatic N) is 1. The Morgan fingerprint density at radius 1 is 1.19 bits per heavy atom. The number of carbonyl (C=O) groups is 2. The molecule has 5 nitrogen and oxygen atoms in total. The molecule has 0 spiro atoms. The Bertz CT molecular complexity index is 620. The minimum absolute atomic E-state index is 0.238. The number of aryl methyl sites for hydroxylation is 1. The van der Waals surface area contributed by atoms with Crippen LogP contribution >= 0.6 is 0 Å². The zero-order chi connectivity index (χ0) is 15.2. The van der Waals surface area contributed by atoms with E-state index in [0.717, 1.165) is 11.1 Å². The monoisotopic (exact) mass is 286 g/mol. The number of aromatic amines is 1. The van der Waals surface area contributed by atoms with Crippen molar-refractivity contribution in [3.63, 3.8) is 0 Å². The SMILES string of the molecule is Cc1ccccc1CN(C)C(=O)COC(=O)c1ccc[nH]1. The Morgan fingerprint density at radius 3 is 2.62 bits per heavy atom. The zero-order valence-corrected chi connectivity index (χ0v) is 12.1.